The number of rotatable bonds is 5. The maximum absolute atomic E-state index is 12.8. The molecule has 3 aromatic rings. The number of furan rings is 1. The molecular formula is C25H29N3O4. The van der Waals surface area contributed by atoms with Crippen molar-refractivity contribution in [3.8, 4) is 17.0 Å². The normalized spacial score (nSPS) is 16.7. The number of carbonyl (C=O) groups is 1. The van der Waals surface area contributed by atoms with Gasteiger partial charge in [-0.05, 0) is 24.3 Å². The molecule has 0 saturated carbocycles. The average Bonchev–Trinajstić information content (AvgIpc) is 3.47. The largest absolute Gasteiger partial charge is 0.480 e. The van der Waals surface area contributed by atoms with Crippen molar-refractivity contribution in [3.05, 3.63) is 59.9 Å². The molecule has 0 bridgehead atoms. The van der Waals surface area contributed by atoms with Crippen LogP contribution >= 0.6 is 0 Å². The number of fused-ring (bicyclic) bond motifs is 4. The molecule has 1 spiro atoms. The lowest BCUT2D eigenvalue weighted by molar-refractivity contribution is -0.00883. The number of piperidine rings is 1. The van der Waals surface area contributed by atoms with E-state index >= 15 is 0 Å². The summed E-state index contributed by atoms with van der Waals surface area (Å²) in [6.07, 6.45) is 2.92. The number of imidazole rings is 1. The van der Waals surface area contributed by atoms with E-state index in [0.29, 0.717) is 44.8 Å². The van der Waals surface area contributed by atoms with Crippen molar-refractivity contribution in [2.75, 3.05) is 26.8 Å². The Balaban J connectivity index is 1.56. The Morgan fingerprint density at radius 3 is 2.66 bits per heavy atom. The number of amides is 1. The van der Waals surface area contributed by atoms with Gasteiger partial charge >= 0.3 is 0 Å². The fraction of sp³-hybridized carbons (Fsp3) is 0.440. The summed E-state index contributed by atoms with van der Waals surface area (Å²) in [4.78, 5) is 19.8. The first kappa shape index (κ1) is 20.8. The lowest BCUT2D eigenvalue weighted by Gasteiger charge is -2.44. The van der Waals surface area contributed by atoms with Crippen LogP contribution in [0, 0.1) is 0 Å². The van der Waals surface area contributed by atoms with Crippen molar-refractivity contribution in [2.45, 2.75) is 44.8 Å². The van der Waals surface area contributed by atoms with Gasteiger partial charge < -0.3 is 23.4 Å². The van der Waals surface area contributed by atoms with Gasteiger partial charge in [0.2, 0.25) is 0 Å². The van der Waals surface area contributed by atoms with Gasteiger partial charge in [0, 0.05) is 51.1 Å². The maximum atomic E-state index is 12.8. The zero-order valence-corrected chi connectivity index (χ0v) is 18.8. The third-order valence-corrected chi connectivity index (χ3v) is 6.50. The van der Waals surface area contributed by atoms with Gasteiger partial charge in [-0.2, -0.15) is 0 Å². The molecule has 2 aliphatic heterocycles. The van der Waals surface area contributed by atoms with Crippen LogP contribution in [0.1, 0.15) is 54.7 Å². The average molecular weight is 436 g/mol. The summed E-state index contributed by atoms with van der Waals surface area (Å²) in [6, 6.07) is 11.6. The molecule has 5 rings (SSSR count). The minimum Gasteiger partial charge on any atom is -0.480 e. The van der Waals surface area contributed by atoms with Crippen LogP contribution in [-0.2, 0) is 16.9 Å². The van der Waals surface area contributed by atoms with E-state index in [4.69, 9.17) is 18.9 Å². The minimum absolute atomic E-state index is 0.0722. The second-order valence-corrected chi connectivity index (χ2v) is 8.83. The molecule has 2 aliphatic rings. The number of likely N-dealkylation sites (tertiary alicyclic amines) is 1. The van der Waals surface area contributed by atoms with Crippen molar-refractivity contribution >= 4 is 5.91 Å². The van der Waals surface area contributed by atoms with Crippen LogP contribution in [-0.4, -0.2) is 47.2 Å². The van der Waals surface area contributed by atoms with Gasteiger partial charge in [-0.25, -0.2) is 4.98 Å². The summed E-state index contributed by atoms with van der Waals surface area (Å²) in [5, 5.41) is 0. The molecule has 7 heteroatoms. The molecule has 1 saturated heterocycles. The van der Waals surface area contributed by atoms with Crippen LogP contribution in [0.5, 0.6) is 5.75 Å². The number of nitrogens with zero attached hydrogens (tertiary/aromatic N) is 3. The van der Waals surface area contributed by atoms with Crippen LogP contribution < -0.4 is 4.74 Å². The molecule has 0 N–H and O–H groups in total. The summed E-state index contributed by atoms with van der Waals surface area (Å²) >= 11 is 0. The summed E-state index contributed by atoms with van der Waals surface area (Å²) < 4.78 is 19.8. The van der Waals surface area contributed by atoms with E-state index in [1.807, 2.05) is 23.1 Å². The third-order valence-electron chi connectivity index (χ3n) is 6.50. The Morgan fingerprint density at radius 1 is 1.19 bits per heavy atom. The Bertz CT molecular complexity index is 1110. The summed E-state index contributed by atoms with van der Waals surface area (Å²) in [7, 11) is 1.72. The molecule has 1 aromatic carbocycles. The molecule has 2 aromatic heterocycles. The number of aromatic nitrogens is 2. The van der Waals surface area contributed by atoms with E-state index in [1.165, 1.54) is 6.26 Å². The molecule has 1 fully saturated rings. The van der Waals surface area contributed by atoms with Crippen LogP contribution in [0.2, 0.25) is 0 Å². The van der Waals surface area contributed by atoms with Crippen molar-refractivity contribution in [2.24, 2.45) is 0 Å². The van der Waals surface area contributed by atoms with Crippen LogP contribution in [0.3, 0.4) is 0 Å². The van der Waals surface area contributed by atoms with E-state index in [9.17, 15) is 4.79 Å². The predicted octanol–water partition coefficient (Wildman–Crippen LogP) is 4.44. The number of methoxy groups -OCH3 is 1. The highest BCUT2D eigenvalue weighted by Crippen LogP contribution is 2.50. The number of hydrogen-bond acceptors (Lipinski definition) is 5. The molecule has 168 valence electrons. The summed E-state index contributed by atoms with van der Waals surface area (Å²) in [5.41, 5.74) is 2.61. The van der Waals surface area contributed by atoms with Crippen LogP contribution in [0.4, 0.5) is 0 Å². The SMILES string of the molecule is COCCn1c(C(C)C)nc2c1C1(CCN(C(=O)c3ccco3)CC1)Oc1ccccc1-2. The number of hydrogen-bond donors (Lipinski definition) is 0. The molecular weight excluding hydrogens is 406 g/mol. The van der Waals surface area contributed by atoms with Gasteiger partial charge in [-0.1, -0.05) is 26.0 Å². The molecule has 1 amide bonds. The van der Waals surface area contributed by atoms with Gasteiger partial charge in [-0.15, -0.1) is 0 Å². The molecule has 0 atom stereocenters. The van der Waals surface area contributed by atoms with E-state index in [0.717, 1.165) is 28.5 Å². The quantitative estimate of drug-likeness (QED) is 0.593. The van der Waals surface area contributed by atoms with Crippen LogP contribution in [0.15, 0.2) is 47.1 Å². The Morgan fingerprint density at radius 2 is 1.97 bits per heavy atom. The van der Waals surface area contributed by atoms with Gasteiger partial charge in [0.05, 0.1) is 24.3 Å². The summed E-state index contributed by atoms with van der Waals surface area (Å²) in [6.45, 7) is 6.83. The van der Waals surface area contributed by atoms with E-state index < -0.39 is 5.60 Å². The second-order valence-electron chi connectivity index (χ2n) is 8.83. The zero-order valence-electron chi connectivity index (χ0n) is 18.8. The fourth-order valence-electron chi connectivity index (χ4n) is 4.95. The molecule has 32 heavy (non-hydrogen) atoms. The summed E-state index contributed by atoms with van der Waals surface area (Å²) in [5.74, 6) is 2.47. The molecule has 0 aliphatic carbocycles. The molecule has 4 heterocycles. The lowest BCUT2D eigenvalue weighted by atomic mass is 9.83. The van der Waals surface area contributed by atoms with E-state index in [2.05, 4.69) is 24.5 Å². The topological polar surface area (TPSA) is 69.7 Å². The van der Waals surface area contributed by atoms with Crippen LogP contribution in [0.25, 0.3) is 11.3 Å². The Hall–Kier alpha value is -3.06. The maximum Gasteiger partial charge on any atom is 0.289 e. The molecule has 0 unspecified atom stereocenters. The monoisotopic (exact) mass is 435 g/mol. The number of benzene rings is 1. The zero-order chi connectivity index (χ0) is 22.3. The first-order valence-corrected chi connectivity index (χ1v) is 11.2. The lowest BCUT2D eigenvalue weighted by Crippen LogP contribution is -2.50. The standard InChI is InChI=1S/C25H29N3O4/c1-17(2)23-26-21-18-7-4-5-8-19(18)32-25(22(21)28(23)14-16-30-3)10-12-27(13-11-25)24(29)20-9-6-15-31-20/h4-9,15,17H,10-14,16H2,1-3H3. The van der Waals surface area contributed by atoms with Crippen molar-refractivity contribution in [1.29, 1.82) is 0 Å². The highest BCUT2D eigenvalue weighted by molar-refractivity contribution is 5.91. The third kappa shape index (κ3) is 3.32. The Labute approximate surface area is 187 Å². The number of ether oxygens (including phenoxy) is 2. The highest BCUT2D eigenvalue weighted by atomic mass is 16.5. The van der Waals surface area contributed by atoms with Gasteiger partial charge in [-0.3, -0.25) is 4.79 Å². The fourth-order valence-corrected chi connectivity index (χ4v) is 4.95. The van der Waals surface area contributed by atoms with Crippen molar-refractivity contribution in [3.63, 3.8) is 0 Å². The highest BCUT2D eigenvalue weighted by Gasteiger charge is 2.48. The first-order valence-electron chi connectivity index (χ1n) is 11.2. The van der Waals surface area contributed by atoms with Crippen molar-refractivity contribution in [1.82, 2.24) is 14.5 Å². The van der Waals surface area contributed by atoms with Gasteiger partial charge in [0.1, 0.15) is 11.6 Å². The first-order chi connectivity index (χ1) is 15.5. The number of para-hydroxylation sites is 1. The van der Waals surface area contributed by atoms with Crippen molar-refractivity contribution < 1.29 is 18.7 Å². The Kier molecular flexibility index (Phi) is 5.29. The van der Waals surface area contributed by atoms with E-state index in [1.54, 1.807) is 19.2 Å². The molecule has 7 nitrogen and oxygen atoms in total. The van der Waals surface area contributed by atoms with Gasteiger partial charge in [0.25, 0.3) is 5.91 Å². The predicted molar refractivity (Wildman–Crippen MR) is 120 cm³/mol. The smallest absolute Gasteiger partial charge is 0.289 e. The van der Waals surface area contributed by atoms with Gasteiger partial charge in [0.15, 0.2) is 11.4 Å². The van der Waals surface area contributed by atoms with E-state index in [-0.39, 0.29) is 11.8 Å². The minimum atomic E-state index is -0.530. The number of carbonyl (C=O) groups excluding carboxylic acids is 1. The second kappa shape index (κ2) is 8.13. The molecule has 0 radical (unpaired) electrons.